The number of hydrogen-bond acceptors (Lipinski definition) is 6. The van der Waals surface area contributed by atoms with Crippen LogP contribution in [-0.4, -0.2) is 36.1 Å². The Labute approximate surface area is 184 Å². The van der Waals surface area contributed by atoms with Crippen LogP contribution in [0.2, 0.25) is 0 Å². The lowest BCUT2D eigenvalue weighted by atomic mass is 10.1. The molecule has 0 saturated carbocycles. The van der Waals surface area contributed by atoms with Gasteiger partial charge in [0.15, 0.2) is 11.0 Å². The van der Waals surface area contributed by atoms with E-state index in [0.29, 0.717) is 23.2 Å². The minimum absolute atomic E-state index is 0.180. The summed E-state index contributed by atoms with van der Waals surface area (Å²) in [5.74, 6) is 1.87. The van der Waals surface area contributed by atoms with Crippen LogP contribution in [0.25, 0.3) is 5.69 Å². The highest BCUT2D eigenvalue weighted by atomic mass is 32.2. The van der Waals surface area contributed by atoms with Crippen molar-refractivity contribution in [1.29, 1.82) is 0 Å². The molecule has 9 heteroatoms. The summed E-state index contributed by atoms with van der Waals surface area (Å²) < 4.78 is 9.11. The number of amides is 1. The van der Waals surface area contributed by atoms with Crippen LogP contribution in [0, 0.1) is 20.8 Å². The third-order valence-electron chi connectivity index (χ3n) is 5.14. The van der Waals surface area contributed by atoms with Gasteiger partial charge in [0.05, 0.1) is 11.4 Å². The van der Waals surface area contributed by atoms with Crippen LogP contribution in [0.1, 0.15) is 28.4 Å². The van der Waals surface area contributed by atoms with E-state index >= 15 is 0 Å². The van der Waals surface area contributed by atoms with Crippen molar-refractivity contribution in [1.82, 2.24) is 24.5 Å². The van der Waals surface area contributed by atoms with E-state index in [1.54, 1.807) is 13.0 Å². The average molecular weight is 437 g/mol. The molecule has 4 aromatic rings. The second-order valence-corrected chi connectivity index (χ2v) is 8.34. The van der Waals surface area contributed by atoms with E-state index in [-0.39, 0.29) is 11.7 Å². The van der Waals surface area contributed by atoms with Crippen LogP contribution in [0.15, 0.2) is 52.3 Å². The van der Waals surface area contributed by atoms with E-state index in [1.807, 2.05) is 29.9 Å². The van der Waals surface area contributed by atoms with E-state index < -0.39 is 0 Å². The number of thioether (sulfide) groups is 1. The van der Waals surface area contributed by atoms with E-state index in [1.165, 1.54) is 17.3 Å². The number of anilines is 1. The van der Waals surface area contributed by atoms with Crippen molar-refractivity contribution < 1.29 is 9.32 Å². The third-order valence-corrected chi connectivity index (χ3v) is 6.06. The number of rotatable bonds is 7. The predicted octanol–water partition coefficient (Wildman–Crippen LogP) is 3.84. The molecule has 0 aliphatic carbocycles. The number of carbonyl (C=O) groups excluding carboxylic acids is 1. The van der Waals surface area contributed by atoms with Crippen molar-refractivity contribution in [3.05, 3.63) is 71.0 Å². The summed E-state index contributed by atoms with van der Waals surface area (Å²) in [5, 5.41) is 16.1. The van der Waals surface area contributed by atoms with Crippen molar-refractivity contribution in [3.63, 3.8) is 0 Å². The van der Waals surface area contributed by atoms with Crippen molar-refractivity contribution in [3.8, 4) is 5.69 Å². The Morgan fingerprint density at radius 1 is 1.16 bits per heavy atom. The maximum atomic E-state index is 12.4. The number of nitrogens with zero attached hydrogens (tertiary/aromatic N) is 5. The molecule has 0 aliphatic rings. The molecule has 0 unspecified atom stereocenters. The zero-order valence-corrected chi connectivity index (χ0v) is 18.7. The summed E-state index contributed by atoms with van der Waals surface area (Å²) in [7, 11) is 2.01. The maximum absolute atomic E-state index is 12.4. The van der Waals surface area contributed by atoms with Crippen molar-refractivity contribution in [2.45, 2.75) is 32.3 Å². The Bertz CT molecular complexity index is 1220. The number of aryl methyl sites for hydroxylation is 3. The standard InChI is InChI=1S/C22H24N6O2S/c1-14-7-5-9-18(16(14)3)28-20(12-17-8-6-10-27(17)4)24-25-22(28)31-13-21(29)23-19-11-15(2)30-26-19/h5-11H,12-13H2,1-4H3,(H,23,26,29). The summed E-state index contributed by atoms with van der Waals surface area (Å²) in [6, 6.07) is 11.9. The molecule has 1 N–H and O–H groups in total. The van der Waals surface area contributed by atoms with Crippen LogP contribution >= 0.6 is 11.8 Å². The predicted molar refractivity (Wildman–Crippen MR) is 120 cm³/mol. The lowest BCUT2D eigenvalue weighted by Gasteiger charge is -2.14. The highest BCUT2D eigenvalue weighted by Gasteiger charge is 2.19. The lowest BCUT2D eigenvalue weighted by Crippen LogP contribution is -2.15. The molecule has 1 aromatic carbocycles. The molecule has 0 saturated heterocycles. The van der Waals surface area contributed by atoms with Gasteiger partial charge in [-0.1, -0.05) is 29.1 Å². The van der Waals surface area contributed by atoms with E-state index in [4.69, 9.17) is 4.52 Å². The summed E-state index contributed by atoms with van der Waals surface area (Å²) in [6.07, 6.45) is 2.65. The van der Waals surface area contributed by atoms with Gasteiger partial charge in [-0.3, -0.25) is 9.36 Å². The van der Waals surface area contributed by atoms with E-state index in [9.17, 15) is 4.79 Å². The molecule has 0 aliphatic heterocycles. The fraction of sp³-hybridized carbons (Fsp3) is 0.273. The van der Waals surface area contributed by atoms with E-state index in [2.05, 4.69) is 57.3 Å². The van der Waals surface area contributed by atoms with Gasteiger partial charge < -0.3 is 14.4 Å². The SMILES string of the molecule is Cc1cc(NC(=O)CSc2nnc(Cc3cccn3C)n2-c2cccc(C)c2C)no1. The number of benzene rings is 1. The minimum Gasteiger partial charge on any atom is -0.360 e. The number of nitrogens with one attached hydrogen (secondary N) is 1. The second-order valence-electron chi connectivity index (χ2n) is 7.40. The maximum Gasteiger partial charge on any atom is 0.236 e. The van der Waals surface area contributed by atoms with Gasteiger partial charge in [-0.05, 0) is 50.1 Å². The molecule has 4 rings (SSSR count). The second kappa shape index (κ2) is 8.81. The molecule has 0 spiro atoms. The molecule has 3 aromatic heterocycles. The molecule has 0 radical (unpaired) electrons. The fourth-order valence-corrected chi connectivity index (χ4v) is 4.07. The van der Waals surface area contributed by atoms with Crippen molar-refractivity contribution >= 4 is 23.5 Å². The fourth-order valence-electron chi connectivity index (χ4n) is 3.30. The summed E-state index contributed by atoms with van der Waals surface area (Å²) in [4.78, 5) is 12.4. The average Bonchev–Trinajstić information content (AvgIpc) is 3.44. The zero-order chi connectivity index (χ0) is 22.0. The number of carbonyl (C=O) groups is 1. The topological polar surface area (TPSA) is 90.8 Å². The lowest BCUT2D eigenvalue weighted by molar-refractivity contribution is -0.113. The summed E-state index contributed by atoms with van der Waals surface area (Å²) in [6.45, 7) is 5.95. The van der Waals surface area contributed by atoms with Crippen molar-refractivity contribution in [2.75, 3.05) is 11.1 Å². The van der Waals surface area contributed by atoms with Crippen LogP contribution in [0.5, 0.6) is 0 Å². The van der Waals surface area contributed by atoms with Crippen LogP contribution in [0.3, 0.4) is 0 Å². The largest absolute Gasteiger partial charge is 0.360 e. The van der Waals surface area contributed by atoms with Crippen LogP contribution in [-0.2, 0) is 18.3 Å². The van der Waals surface area contributed by atoms with Crippen LogP contribution in [0.4, 0.5) is 5.82 Å². The first-order valence-electron chi connectivity index (χ1n) is 9.89. The number of aromatic nitrogens is 5. The Morgan fingerprint density at radius 2 is 2.00 bits per heavy atom. The summed E-state index contributed by atoms with van der Waals surface area (Å²) >= 11 is 1.34. The molecule has 160 valence electrons. The van der Waals surface area contributed by atoms with Gasteiger partial charge in [-0.2, -0.15) is 0 Å². The summed E-state index contributed by atoms with van der Waals surface area (Å²) in [5.41, 5.74) is 4.49. The van der Waals surface area contributed by atoms with Crippen molar-refractivity contribution in [2.24, 2.45) is 7.05 Å². The van der Waals surface area contributed by atoms with Gasteiger partial charge in [0.2, 0.25) is 5.91 Å². The monoisotopic (exact) mass is 436 g/mol. The Balaban J connectivity index is 1.61. The van der Waals surface area contributed by atoms with Gasteiger partial charge in [-0.15, -0.1) is 10.2 Å². The smallest absolute Gasteiger partial charge is 0.236 e. The van der Waals surface area contributed by atoms with Crippen LogP contribution < -0.4 is 5.32 Å². The van der Waals surface area contributed by atoms with Gasteiger partial charge in [0.25, 0.3) is 0 Å². The highest BCUT2D eigenvalue weighted by molar-refractivity contribution is 7.99. The van der Waals surface area contributed by atoms with Gasteiger partial charge in [0, 0.05) is 31.4 Å². The molecule has 31 heavy (non-hydrogen) atoms. The Kier molecular flexibility index (Phi) is 5.94. The quantitative estimate of drug-likeness (QED) is 0.443. The zero-order valence-electron chi connectivity index (χ0n) is 17.9. The van der Waals surface area contributed by atoms with Gasteiger partial charge in [0.1, 0.15) is 11.6 Å². The molecule has 3 heterocycles. The van der Waals surface area contributed by atoms with E-state index in [0.717, 1.165) is 22.8 Å². The Hall–Kier alpha value is -3.33. The third kappa shape index (κ3) is 4.56. The molecule has 1 amide bonds. The first-order chi connectivity index (χ1) is 14.9. The molecular formula is C22H24N6O2S. The molecular weight excluding hydrogens is 412 g/mol. The minimum atomic E-state index is -0.183. The molecule has 0 fully saturated rings. The normalized spacial score (nSPS) is 11.1. The van der Waals surface area contributed by atoms with Gasteiger partial charge in [-0.25, -0.2) is 0 Å². The number of hydrogen-bond donors (Lipinski definition) is 1. The first kappa shape index (κ1) is 20.9. The first-order valence-corrected chi connectivity index (χ1v) is 10.9. The van der Waals surface area contributed by atoms with Gasteiger partial charge >= 0.3 is 0 Å². The Morgan fingerprint density at radius 3 is 2.71 bits per heavy atom. The molecule has 0 atom stereocenters. The molecule has 8 nitrogen and oxygen atoms in total. The molecule has 0 bridgehead atoms. The highest BCUT2D eigenvalue weighted by Crippen LogP contribution is 2.27.